The number of anilines is 1. The first kappa shape index (κ1) is 11.4. The summed E-state index contributed by atoms with van der Waals surface area (Å²) in [5.41, 5.74) is 6.66. The zero-order valence-electron chi connectivity index (χ0n) is 8.99. The standard InChI is InChI=1S/C10H15N3O2/c1-3-14-4-5-15-10-9(12)6-8(7-11)13(10)2/h6H,3-5,12H2,1-2H3. The Kier molecular flexibility index (Phi) is 4.01. The van der Waals surface area contributed by atoms with Gasteiger partial charge in [0, 0.05) is 19.7 Å². The van der Waals surface area contributed by atoms with Crippen LogP contribution >= 0.6 is 0 Å². The van der Waals surface area contributed by atoms with Gasteiger partial charge in [0.25, 0.3) is 0 Å². The molecule has 5 heteroatoms. The average molecular weight is 209 g/mol. The molecule has 0 aliphatic heterocycles. The minimum absolute atomic E-state index is 0.431. The van der Waals surface area contributed by atoms with Gasteiger partial charge in [-0.25, -0.2) is 0 Å². The quantitative estimate of drug-likeness (QED) is 0.731. The molecule has 0 bridgehead atoms. The summed E-state index contributed by atoms with van der Waals surface area (Å²) in [6.07, 6.45) is 0. The lowest BCUT2D eigenvalue weighted by molar-refractivity contribution is 0.107. The van der Waals surface area contributed by atoms with Gasteiger partial charge in [-0.1, -0.05) is 0 Å². The molecule has 0 amide bonds. The molecule has 0 saturated heterocycles. The Labute approximate surface area is 89.0 Å². The third-order valence-electron chi connectivity index (χ3n) is 1.99. The molecule has 1 aromatic heterocycles. The van der Waals surface area contributed by atoms with Gasteiger partial charge in [-0.15, -0.1) is 0 Å². The Morgan fingerprint density at radius 3 is 2.80 bits per heavy atom. The van der Waals surface area contributed by atoms with Crippen LogP contribution in [0.3, 0.4) is 0 Å². The van der Waals surface area contributed by atoms with E-state index in [-0.39, 0.29) is 0 Å². The number of aromatic nitrogens is 1. The van der Waals surface area contributed by atoms with Crippen LogP contribution in [0.5, 0.6) is 5.88 Å². The molecular formula is C10H15N3O2. The molecule has 1 aromatic rings. The van der Waals surface area contributed by atoms with Gasteiger partial charge in [0.2, 0.25) is 5.88 Å². The zero-order valence-corrected chi connectivity index (χ0v) is 8.99. The third-order valence-corrected chi connectivity index (χ3v) is 1.99. The molecule has 0 saturated carbocycles. The Bertz CT molecular complexity index is 365. The van der Waals surface area contributed by atoms with E-state index < -0.39 is 0 Å². The highest BCUT2D eigenvalue weighted by molar-refractivity contribution is 5.54. The number of rotatable bonds is 5. The number of nitrogens with two attached hydrogens (primary N) is 1. The van der Waals surface area contributed by atoms with Crippen molar-refractivity contribution in [2.45, 2.75) is 6.92 Å². The fourth-order valence-electron chi connectivity index (χ4n) is 1.24. The van der Waals surface area contributed by atoms with Gasteiger partial charge in [-0.2, -0.15) is 5.26 Å². The molecule has 0 fully saturated rings. The number of nitrogen functional groups attached to an aromatic ring is 1. The maximum Gasteiger partial charge on any atom is 0.218 e. The van der Waals surface area contributed by atoms with E-state index in [9.17, 15) is 0 Å². The normalized spacial score (nSPS) is 9.93. The van der Waals surface area contributed by atoms with E-state index in [2.05, 4.69) is 0 Å². The van der Waals surface area contributed by atoms with Crippen molar-refractivity contribution in [2.75, 3.05) is 25.6 Å². The fraction of sp³-hybridized carbons (Fsp3) is 0.500. The largest absolute Gasteiger partial charge is 0.475 e. The summed E-state index contributed by atoms with van der Waals surface area (Å²) >= 11 is 0. The van der Waals surface area contributed by atoms with Gasteiger partial charge in [0.1, 0.15) is 18.4 Å². The predicted molar refractivity (Wildman–Crippen MR) is 56.5 cm³/mol. The van der Waals surface area contributed by atoms with Gasteiger partial charge in [0.15, 0.2) is 0 Å². The van der Waals surface area contributed by atoms with E-state index in [1.807, 2.05) is 13.0 Å². The second-order valence-corrected chi connectivity index (χ2v) is 3.01. The molecule has 0 aromatic carbocycles. The highest BCUT2D eigenvalue weighted by Crippen LogP contribution is 2.24. The van der Waals surface area contributed by atoms with Gasteiger partial charge in [0.05, 0.1) is 12.3 Å². The summed E-state index contributed by atoms with van der Waals surface area (Å²) in [4.78, 5) is 0. The SMILES string of the molecule is CCOCCOc1c(N)cc(C#N)n1C. The number of ether oxygens (including phenoxy) is 2. The molecule has 1 rings (SSSR count). The van der Waals surface area contributed by atoms with E-state index in [0.29, 0.717) is 37.1 Å². The smallest absolute Gasteiger partial charge is 0.218 e. The minimum atomic E-state index is 0.431. The van der Waals surface area contributed by atoms with Gasteiger partial charge >= 0.3 is 0 Å². The summed E-state index contributed by atoms with van der Waals surface area (Å²) in [7, 11) is 1.74. The van der Waals surface area contributed by atoms with Crippen LogP contribution in [-0.2, 0) is 11.8 Å². The Hall–Kier alpha value is -1.67. The molecule has 82 valence electrons. The van der Waals surface area contributed by atoms with E-state index in [1.54, 1.807) is 17.7 Å². The van der Waals surface area contributed by atoms with Crippen LogP contribution < -0.4 is 10.5 Å². The van der Waals surface area contributed by atoms with Crippen LogP contribution in [0.25, 0.3) is 0 Å². The van der Waals surface area contributed by atoms with Crippen molar-refractivity contribution >= 4 is 5.69 Å². The lowest BCUT2D eigenvalue weighted by Gasteiger charge is -2.08. The van der Waals surface area contributed by atoms with Crippen LogP contribution in [0.15, 0.2) is 6.07 Å². The molecule has 0 radical (unpaired) electrons. The van der Waals surface area contributed by atoms with Crippen LogP contribution in [0.2, 0.25) is 0 Å². The van der Waals surface area contributed by atoms with Crippen molar-refractivity contribution in [3.8, 4) is 11.9 Å². The topological polar surface area (TPSA) is 73.2 Å². The van der Waals surface area contributed by atoms with Crippen LogP contribution in [0.1, 0.15) is 12.6 Å². The van der Waals surface area contributed by atoms with Crippen molar-refractivity contribution in [2.24, 2.45) is 7.05 Å². The summed E-state index contributed by atoms with van der Waals surface area (Å²) in [5, 5.41) is 8.76. The molecule has 15 heavy (non-hydrogen) atoms. The second kappa shape index (κ2) is 5.27. The first-order valence-electron chi connectivity index (χ1n) is 4.76. The summed E-state index contributed by atoms with van der Waals surface area (Å²) in [6.45, 7) is 3.53. The predicted octanol–water partition coefficient (Wildman–Crippen LogP) is 0.894. The van der Waals surface area contributed by atoms with Crippen molar-refractivity contribution < 1.29 is 9.47 Å². The average Bonchev–Trinajstić information content (AvgIpc) is 2.50. The summed E-state index contributed by atoms with van der Waals surface area (Å²) in [6, 6.07) is 3.62. The third kappa shape index (κ3) is 2.64. The monoisotopic (exact) mass is 209 g/mol. The Morgan fingerprint density at radius 1 is 1.53 bits per heavy atom. The van der Waals surface area contributed by atoms with Gasteiger partial charge < -0.3 is 19.8 Å². The van der Waals surface area contributed by atoms with E-state index in [0.717, 1.165) is 0 Å². The first-order chi connectivity index (χ1) is 7.20. The molecule has 0 unspecified atom stereocenters. The van der Waals surface area contributed by atoms with Crippen LogP contribution in [-0.4, -0.2) is 24.4 Å². The van der Waals surface area contributed by atoms with Crippen molar-refractivity contribution in [3.63, 3.8) is 0 Å². The van der Waals surface area contributed by atoms with Crippen molar-refractivity contribution in [1.29, 1.82) is 5.26 Å². The second-order valence-electron chi connectivity index (χ2n) is 3.01. The van der Waals surface area contributed by atoms with E-state index in [1.165, 1.54) is 0 Å². The molecule has 0 aliphatic carbocycles. The maximum atomic E-state index is 8.76. The number of hydrogen-bond donors (Lipinski definition) is 1. The van der Waals surface area contributed by atoms with Gasteiger partial charge in [-0.05, 0) is 6.92 Å². The van der Waals surface area contributed by atoms with Crippen molar-refractivity contribution in [1.82, 2.24) is 4.57 Å². The highest BCUT2D eigenvalue weighted by atomic mass is 16.5. The van der Waals surface area contributed by atoms with Crippen molar-refractivity contribution in [3.05, 3.63) is 11.8 Å². The van der Waals surface area contributed by atoms with Crippen LogP contribution in [0, 0.1) is 11.3 Å². The van der Waals surface area contributed by atoms with E-state index >= 15 is 0 Å². The number of nitrogens with zero attached hydrogens (tertiary/aromatic N) is 2. The van der Waals surface area contributed by atoms with Crippen LogP contribution in [0.4, 0.5) is 5.69 Å². The molecule has 1 heterocycles. The van der Waals surface area contributed by atoms with E-state index in [4.69, 9.17) is 20.5 Å². The zero-order chi connectivity index (χ0) is 11.3. The molecule has 5 nitrogen and oxygen atoms in total. The lowest BCUT2D eigenvalue weighted by Crippen LogP contribution is -2.09. The molecule has 0 aliphatic rings. The molecule has 2 N–H and O–H groups in total. The first-order valence-corrected chi connectivity index (χ1v) is 4.76. The molecule has 0 spiro atoms. The molecule has 0 atom stereocenters. The maximum absolute atomic E-state index is 8.76. The lowest BCUT2D eigenvalue weighted by atomic mass is 10.4. The molecular weight excluding hydrogens is 194 g/mol. The fourth-order valence-corrected chi connectivity index (χ4v) is 1.24. The summed E-state index contributed by atoms with van der Waals surface area (Å²) in [5.74, 6) is 0.520. The number of hydrogen-bond acceptors (Lipinski definition) is 4. The highest BCUT2D eigenvalue weighted by Gasteiger charge is 2.10. The minimum Gasteiger partial charge on any atom is -0.475 e. The Morgan fingerprint density at radius 2 is 2.27 bits per heavy atom. The number of nitriles is 1. The Balaban J connectivity index is 2.61. The van der Waals surface area contributed by atoms with Gasteiger partial charge in [-0.3, -0.25) is 0 Å². The summed E-state index contributed by atoms with van der Waals surface area (Å²) < 4.78 is 12.2.